The third-order valence-electron chi connectivity index (χ3n) is 1.27. The van der Waals surface area contributed by atoms with Crippen molar-refractivity contribution in [3.8, 4) is 0 Å². The third-order valence-corrected chi connectivity index (χ3v) is 2.10. The predicted octanol–water partition coefficient (Wildman–Crippen LogP) is 0.155. The molecule has 0 aliphatic rings. The van der Waals surface area contributed by atoms with E-state index in [0.717, 1.165) is 5.56 Å². The van der Waals surface area contributed by atoms with E-state index in [2.05, 4.69) is 23.1 Å². The Balaban J connectivity index is 2.30. The Kier molecular flexibility index (Phi) is 3.66. The normalized spacial score (nSPS) is 9.23. The van der Waals surface area contributed by atoms with Crippen molar-refractivity contribution in [2.45, 2.75) is 6.42 Å². The van der Waals surface area contributed by atoms with Crippen molar-refractivity contribution in [3.63, 3.8) is 0 Å². The molecule has 6 heteroatoms. The van der Waals surface area contributed by atoms with Crippen LogP contribution in [0.3, 0.4) is 0 Å². The number of nitrogens with one attached hydrogen (secondary N) is 2. The van der Waals surface area contributed by atoms with Gasteiger partial charge in [-0.3, -0.25) is 15.6 Å². The molecule has 0 saturated heterocycles. The van der Waals surface area contributed by atoms with Crippen LogP contribution in [0.15, 0.2) is 16.8 Å². The van der Waals surface area contributed by atoms with Gasteiger partial charge in [0, 0.05) is 0 Å². The second kappa shape index (κ2) is 4.78. The molecule has 0 unspecified atom stereocenters. The number of thiophene rings is 1. The van der Waals surface area contributed by atoms with E-state index in [1.54, 1.807) is 11.3 Å². The number of nitrogens with two attached hydrogens (primary N) is 1. The summed E-state index contributed by atoms with van der Waals surface area (Å²) in [5.74, 6) is -0.161. The Labute approximate surface area is 85.1 Å². The number of rotatable bonds is 2. The van der Waals surface area contributed by atoms with Gasteiger partial charge in [0.25, 0.3) is 0 Å². The highest BCUT2D eigenvalue weighted by molar-refractivity contribution is 7.80. The second-order valence-corrected chi connectivity index (χ2v) is 3.57. The summed E-state index contributed by atoms with van der Waals surface area (Å²) in [4.78, 5) is 11.1. The van der Waals surface area contributed by atoms with Crippen LogP contribution in [0.25, 0.3) is 0 Å². The Bertz CT molecular complexity index is 297. The van der Waals surface area contributed by atoms with Gasteiger partial charge in [-0.15, -0.1) is 0 Å². The SMILES string of the molecule is NC(=S)NNC(=O)Cc1ccsc1. The molecule has 1 rings (SSSR count). The Hall–Kier alpha value is -1.14. The van der Waals surface area contributed by atoms with E-state index in [1.165, 1.54) is 0 Å². The highest BCUT2D eigenvalue weighted by Crippen LogP contribution is 2.05. The van der Waals surface area contributed by atoms with Crippen molar-refractivity contribution in [3.05, 3.63) is 22.4 Å². The minimum Gasteiger partial charge on any atom is -0.375 e. The first-order valence-electron chi connectivity index (χ1n) is 3.54. The van der Waals surface area contributed by atoms with Gasteiger partial charge >= 0.3 is 0 Å². The minimum atomic E-state index is -0.161. The zero-order valence-corrected chi connectivity index (χ0v) is 8.37. The van der Waals surface area contributed by atoms with Gasteiger partial charge in [0.2, 0.25) is 5.91 Å². The summed E-state index contributed by atoms with van der Waals surface area (Å²) >= 11 is 6.07. The molecule has 0 bridgehead atoms. The first-order valence-corrected chi connectivity index (χ1v) is 4.89. The second-order valence-electron chi connectivity index (χ2n) is 2.35. The summed E-state index contributed by atoms with van der Waals surface area (Å²) in [7, 11) is 0. The number of hydrogen-bond donors (Lipinski definition) is 3. The quantitative estimate of drug-likeness (QED) is 0.485. The third kappa shape index (κ3) is 3.86. The minimum absolute atomic E-state index is 0.0543. The molecule has 0 aliphatic carbocycles. The monoisotopic (exact) mass is 215 g/mol. The first kappa shape index (κ1) is 9.94. The van der Waals surface area contributed by atoms with Gasteiger partial charge in [-0.25, -0.2) is 0 Å². The average molecular weight is 215 g/mol. The first-order chi connectivity index (χ1) is 6.18. The Morgan fingerprint density at radius 3 is 2.92 bits per heavy atom. The van der Waals surface area contributed by atoms with Crippen molar-refractivity contribution >= 4 is 34.6 Å². The standard InChI is InChI=1S/C7H9N3OS2/c8-7(12)10-9-6(11)3-5-1-2-13-4-5/h1-2,4H,3H2,(H,9,11)(H3,8,10,12). The molecule has 1 amide bonds. The molecule has 0 fully saturated rings. The molecule has 1 heterocycles. The lowest BCUT2D eigenvalue weighted by atomic mass is 10.2. The lowest BCUT2D eigenvalue weighted by Crippen LogP contribution is -2.44. The van der Waals surface area contributed by atoms with Crippen LogP contribution >= 0.6 is 23.6 Å². The summed E-state index contributed by atoms with van der Waals surface area (Å²) in [5, 5.41) is 3.89. The van der Waals surface area contributed by atoms with E-state index in [9.17, 15) is 4.79 Å². The molecule has 0 aliphatic heterocycles. The van der Waals surface area contributed by atoms with Gasteiger partial charge in [0.1, 0.15) is 0 Å². The molecule has 1 aromatic rings. The number of hydrogen-bond acceptors (Lipinski definition) is 3. The maximum absolute atomic E-state index is 11.1. The molecule has 0 radical (unpaired) electrons. The summed E-state index contributed by atoms with van der Waals surface area (Å²) in [5.41, 5.74) is 10.8. The summed E-state index contributed by atoms with van der Waals surface area (Å²) in [6.45, 7) is 0. The molecule has 4 N–H and O–H groups in total. The fourth-order valence-electron chi connectivity index (χ4n) is 0.754. The largest absolute Gasteiger partial charge is 0.375 e. The van der Waals surface area contributed by atoms with Crippen LogP contribution in [0.2, 0.25) is 0 Å². The molecule has 4 nitrogen and oxygen atoms in total. The van der Waals surface area contributed by atoms with Crippen LogP contribution in [0.4, 0.5) is 0 Å². The van der Waals surface area contributed by atoms with Gasteiger partial charge in [0.05, 0.1) is 6.42 Å². The molecular formula is C7H9N3OS2. The van der Waals surface area contributed by atoms with Gasteiger partial charge in [-0.05, 0) is 34.6 Å². The highest BCUT2D eigenvalue weighted by Gasteiger charge is 2.02. The van der Waals surface area contributed by atoms with Gasteiger partial charge in [-0.1, -0.05) is 0 Å². The Morgan fingerprint density at radius 1 is 1.62 bits per heavy atom. The Morgan fingerprint density at radius 2 is 2.38 bits per heavy atom. The van der Waals surface area contributed by atoms with Crippen LogP contribution in [-0.2, 0) is 11.2 Å². The lowest BCUT2D eigenvalue weighted by molar-refractivity contribution is -0.120. The van der Waals surface area contributed by atoms with Crippen molar-refractivity contribution in [1.29, 1.82) is 0 Å². The van der Waals surface area contributed by atoms with Crippen LogP contribution < -0.4 is 16.6 Å². The molecule has 1 aromatic heterocycles. The molecule has 0 aromatic carbocycles. The van der Waals surface area contributed by atoms with Crippen molar-refractivity contribution in [2.75, 3.05) is 0 Å². The van der Waals surface area contributed by atoms with Gasteiger partial charge < -0.3 is 5.73 Å². The van der Waals surface area contributed by atoms with Crippen LogP contribution in [0, 0.1) is 0 Å². The maximum Gasteiger partial charge on any atom is 0.242 e. The molecule has 70 valence electrons. The van der Waals surface area contributed by atoms with E-state index in [4.69, 9.17) is 5.73 Å². The molecule has 0 saturated carbocycles. The fraction of sp³-hybridized carbons (Fsp3) is 0.143. The molecular weight excluding hydrogens is 206 g/mol. The van der Waals surface area contributed by atoms with E-state index in [1.807, 2.05) is 16.8 Å². The summed E-state index contributed by atoms with van der Waals surface area (Å²) < 4.78 is 0. The molecule has 13 heavy (non-hydrogen) atoms. The van der Waals surface area contributed by atoms with Gasteiger partial charge in [0.15, 0.2) is 5.11 Å². The summed E-state index contributed by atoms with van der Waals surface area (Å²) in [6.07, 6.45) is 0.332. The molecule has 0 spiro atoms. The number of hydrazine groups is 1. The number of thiocarbonyl (C=S) groups is 1. The molecule has 0 atom stereocenters. The zero-order chi connectivity index (χ0) is 9.68. The zero-order valence-electron chi connectivity index (χ0n) is 6.74. The van der Waals surface area contributed by atoms with E-state index >= 15 is 0 Å². The van der Waals surface area contributed by atoms with Crippen molar-refractivity contribution in [1.82, 2.24) is 10.9 Å². The fourth-order valence-corrected chi connectivity index (χ4v) is 1.47. The number of amides is 1. The highest BCUT2D eigenvalue weighted by atomic mass is 32.1. The maximum atomic E-state index is 11.1. The van der Waals surface area contributed by atoms with Crippen molar-refractivity contribution in [2.24, 2.45) is 5.73 Å². The van der Waals surface area contributed by atoms with Crippen molar-refractivity contribution < 1.29 is 4.79 Å². The summed E-state index contributed by atoms with van der Waals surface area (Å²) in [6, 6.07) is 1.89. The van der Waals surface area contributed by atoms with Gasteiger partial charge in [-0.2, -0.15) is 11.3 Å². The number of carbonyl (C=O) groups is 1. The van der Waals surface area contributed by atoms with E-state index in [-0.39, 0.29) is 11.0 Å². The average Bonchev–Trinajstić information content (AvgIpc) is 2.53. The van der Waals surface area contributed by atoms with E-state index < -0.39 is 0 Å². The topological polar surface area (TPSA) is 67.2 Å². The van der Waals surface area contributed by atoms with Crippen LogP contribution in [0.1, 0.15) is 5.56 Å². The van der Waals surface area contributed by atoms with Crippen LogP contribution in [-0.4, -0.2) is 11.0 Å². The smallest absolute Gasteiger partial charge is 0.242 e. The number of carbonyl (C=O) groups excluding carboxylic acids is 1. The van der Waals surface area contributed by atoms with Crippen LogP contribution in [0.5, 0.6) is 0 Å². The van der Waals surface area contributed by atoms with E-state index in [0.29, 0.717) is 6.42 Å². The predicted molar refractivity (Wildman–Crippen MR) is 56.1 cm³/mol. The lowest BCUT2D eigenvalue weighted by Gasteiger charge is -2.04.